The highest BCUT2D eigenvalue weighted by Crippen LogP contribution is 2.22. The molecule has 0 spiro atoms. The fourth-order valence-electron chi connectivity index (χ4n) is 3.11. The molecule has 0 radical (unpaired) electrons. The van der Waals surface area contributed by atoms with E-state index in [9.17, 15) is 4.79 Å². The Balaban J connectivity index is 1.53. The molecular weight excluding hydrogens is 324 g/mol. The zero-order chi connectivity index (χ0) is 18.2. The lowest BCUT2D eigenvalue weighted by Gasteiger charge is -2.28. The van der Waals surface area contributed by atoms with E-state index in [1.54, 1.807) is 12.2 Å². The lowest BCUT2D eigenvalue weighted by atomic mass is 10.1. The third-order valence-electron chi connectivity index (χ3n) is 4.47. The van der Waals surface area contributed by atoms with Crippen LogP contribution in [0.4, 0.5) is 11.4 Å². The molecule has 136 valence electrons. The van der Waals surface area contributed by atoms with E-state index in [2.05, 4.69) is 22.3 Å². The molecule has 0 bridgehead atoms. The van der Waals surface area contributed by atoms with Crippen LogP contribution in [0.5, 0.6) is 5.75 Å². The summed E-state index contributed by atoms with van der Waals surface area (Å²) in [4.78, 5) is 14.5. The molecule has 0 aliphatic carbocycles. The van der Waals surface area contributed by atoms with Crippen molar-refractivity contribution in [3.63, 3.8) is 0 Å². The van der Waals surface area contributed by atoms with Crippen LogP contribution in [0.25, 0.3) is 6.08 Å². The van der Waals surface area contributed by atoms with E-state index < -0.39 is 0 Å². The van der Waals surface area contributed by atoms with Crippen molar-refractivity contribution in [3.8, 4) is 5.75 Å². The first-order valence-electron chi connectivity index (χ1n) is 9.31. The van der Waals surface area contributed by atoms with Gasteiger partial charge in [-0.05, 0) is 74.2 Å². The lowest BCUT2D eigenvalue weighted by Crippen LogP contribution is -2.29. The molecular formula is C22H26N2O2. The number of amides is 1. The molecule has 1 aliphatic heterocycles. The Hall–Kier alpha value is -2.75. The van der Waals surface area contributed by atoms with Crippen LogP contribution in [0.1, 0.15) is 31.7 Å². The van der Waals surface area contributed by atoms with Crippen molar-refractivity contribution in [1.29, 1.82) is 0 Å². The summed E-state index contributed by atoms with van der Waals surface area (Å²) in [5.41, 5.74) is 3.00. The molecule has 1 N–H and O–H groups in total. The van der Waals surface area contributed by atoms with Gasteiger partial charge in [0.1, 0.15) is 5.75 Å². The highest BCUT2D eigenvalue weighted by atomic mass is 16.5. The van der Waals surface area contributed by atoms with Crippen molar-refractivity contribution in [2.24, 2.45) is 0 Å². The first-order valence-corrected chi connectivity index (χ1v) is 9.31. The maximum atomic E-state index is 12.1. The summed E-state index contributed by atoms with van der Waals surface area (Å²) in [6.45, 7) is 4.85. The predicted molar refractivity (Wildman–Crippen MR) is 108 cm³/mol. The van der Waals surface area contributed by atoms with Gasteiger partial charge >= 0.3 is 0 Å². The van der Waals surface area contributed by atoms with Crippen LogP contribution in [0, 0.1) is 0 Å². The van der Waals surface area contributed by atoms with Crippen LogP contribution in [0.15, 0.2) is 54.6 Å². The summed E-state index contributed by atoms with van der Waals surface area (Å²) in [5, 5.41) is 2.91. The van der Waals surface area contributed by atoms with Crippen molar-refractivity contribution < 1.29 is 9.53 Å². The first-order chi connectivity index (χ1) is 12.7. The number of hydrogen-bond acceptors (Lipinski definition) is 3. The van der Waals surface area contributed by atoms with E-state index in [0.717, 1.165) is 30.1 Å². The van der Waals surface area contributed by atoms with E-state index >= 15 is 0 Å². The number of piperidine rings is 1. The van der Waals surface area contributed by atoms with E-state index in [1.165, 1.54) is 24.9 Å². The van der Waals surface area contributed by atoms with Crippen LogP contribution in [-0.2, 0) is 4.79 Å². The van der Waals surface area contributed by atoms with Gasteiger partial charge in [-0.2, -0.15) is 0 Å². The number of rotatable bonds is 6. The topological polar surface area (TPSA) is 41.6 Å². The Labute approximate surface area is 155 Å². The Bertz CT molecular complexity index is 730. The first kappa shape index (κ1) is 18.1. The molecule has 26 heavy (non-hydrogen) atoms. The molecule has 0 atom stereocenters. The molecule has 1 fully saturated rings. The molecule has 1 aliphatic rings. The van der Waals surface area contributed by atoms with Crippen molar-refractivity contribution in [2.75, 3.05) is 29.9 Å². The van der Waals surface area contributed by atoms with Gasteiger partial charge in [0, 0.05) is 30.5 Å². The van der Waals surface area contributed by atoms with Crippen LogP contribution >= 0.6 is 0 Å². The second-order valence-corrected chi connectivity index (χ2v) is 6.42. The van der Waals surface area contributed by atoms with E-state index in [-0.39, 0.29) is 5.91 Å². The minimum absolute atomic E-state index is 0.135. The summed E-state index contributed by atoms with van der Waals surface area (Å²) in [7, 11) is 0. The maximum Gasteiger partial charge on any atom is 0.248 e. The molecule has 1 heterocycles. The van der Waals surface area contributed by atoms with Gasteiger partial charge in [0.25, 0.3) is 0 Å². The second-order valence-electron chi connectivity index (χ2n) is 6.42. The van der Waals surface area contributed by atoms with Gasteiger partial charge in [-0.25, -0.2) is 0 Å². The Morgan fingerprint density at radius 2 is 1.73 bits per heavy atom. The largest absolute Gasteiger partial charge is 0.494 e. The summed E-state index contributed by atoms with van der Waals surface area (Å²) in [6, 6.07) is 15.8. The van der Waals surface area contributed by atoms with Crippen molar-refractivity contribution in [2.45, 2.75) is 26.2 Å². The zero-order valence-electron chi connectivity index (χ0n) is 15.3. The van der Waals surface area contributed by atoms with Crippen LogP contribution in [0.2, 0.25) is 0 Å². The van der Waals surface area contributed by atoms with Gasteiger partial charge < -0.3 is 15.0 Å². The van der Waals surface area contributed by atoms with Crippen molar-refractivity contribution >= 4 is 23.4 Å². The third kappa shape index (κ3) is 5.12. The minimum atomic E-state index is -0.135. The van der Waals surface area contributed by atoms with Gasteiger partial charge in [-0.15, -0.1) is 0 Å². The highest BCUT2D eigenvalue weighted by Gasteiger charge is 2.10. The minimum Gasteiger partial charge on any atom is -0.494 e. The number of anilines is 2. The van der Waals surface area contributed by atoms with Gasteiger partial charge in [-0.1, -0.05) is 12.1 Å². The van der Waals surface area contributed by atoms with Crippen molar-refractivity contribution in [1.82, 2.24) is 0 Å². The van der Waals surface area contributed by atoms with Gasteiger partial charge in [0.15, 0.2) is 0 Å². The maximum absolute atomic E-state index is 12.1. The molecule has 0 aromatic heterocycles. The molecule has 3 rings (SSSR count). The number of nitrogens with one attached hydrogen (secondary N) is 1. The fraction of sp³-hybridized carbons (Fsp3) is 0.318. The van der Waals surface area contributed by atoms with Crippen molar-refractivity contribution in [3.05, 3.63) is 60.2 Å². The average Bonchev–Trinajstić information content (AvgIpc) is 2.69. The molecule has 2 aromatic carbocycles. The predicted octanol–water partition coefficient (Wildman–Crippen LogP) is 4.73. The molecule has 2 aromatic rings. The Morgan fingerprint density at radius 1 is 1.04 bits per heavy atom. The van der Waals surface area contributed by atoms with Gasteiger partial charge in [0.2, 0.25) is 5.91 Å². The number of carbonyl (C=O) groups is 1. The molecule has 1 amide bonds. The SMILES string of the molecule is CCOc1ccc(C=CC(=O)Nc2ccc(N3CCCCC3)cc2)cc1. The highest BCUT2D eigenvalue weighted by molar-refractivity contribution is 6.02. The number of ether oxygens (including phenoxy) is 1. The summed E-state index contributed by atoms with van der Waals surface area (Å²) in [5.74, 6) is 0.701. The Morgan fingerprint density at radius 3 is 2.38 bits per heavy atom. The summed E-state index contributed by atoms with van der Waals surface area (Å²) >= 11 is 0. The number of benzene rings is 2. The zero-order valence-corrected chi connectivity index (χ0v) is 15.3. The van der Waals surface area contributed by atoms with Crippen LogP contribution in [0.3, 0.4) is 0 Å². The number of hydrogen-bond donors (Lipinski definition) is 1. The molecule has 1 saturated heterocycles. The van der Waals surface area contributed by atoms with E-state index in [4.69, 9.17) is 4.74 Å². The second kappa shape index (κ2) is 9.09. The summed E-state index contributed by atoms with van der Waals surface area (Å²) in [6.07, 6.45) is 7.19. The average molecular weight is 350 g/mol. The third-order valence-corrected chi connectivity index (χ3v) is 4.47. The standard InChI is InChI=1S/C22H26N2O2/c1-2-26-21-13-6-18(7-14-21)8-15-22(25)23-19-9-11-20(12-10-19)24-16-4-3-5-17-24/h6-15H,2-5,16-17H2,1H3,(H,23,25). The molecule has 0 saturated carbocycles. The summed E-state index contributed by atoms with van der Waals surface area (Å²) < 4.78 is 5.41. The number of carbonyl (C=O) groups excluding carboxylic acids is 1. The molecule has 4 nitrogen and oxygen atoms in total. The Kier molecular flexibility index (Phi) is 6.31. The van der Waals surface area contributed by atoms with E-state index in [0.29, 0.717) is 6.61 Å². The molecule has 0 unspecified atom stereocenters. The van der Waals surface area contributed by atoms with Gasteiger partial charge in [0.05, 0.1) is 6.61 Å². The van der Waals surface area contributed by atoms with E-state index in [1.807, 2.05) is 43.3 Å². The van der Waals surface area contributed by atoms with Gasteiger partial charge in [-0.3, -0.25) is 4.79 Å². The van der Waals surface area contributed by atoms with Crippen LogP contribution in [-0.4, -0.2) is 25.6 Å². The smallest absolute Gasteiger partial charge is 0.248 e. The monoisotopic (exact) mass is 350 g/mol. The number of nitrogens with zero attached hydrogens (tertiary/aromatic N) is 1. The quantitative estimate of drug-likeness (QED) is 0.766. The molecule has 4 heteroatoms. The van der Waals surface area contributed by atoms with Crippen LogP contribution < -0.4 is 15.0 Å². The lowest BCUT2D eigenvalue weighted by molar-refractivity contribution is -0.111. The normalized spacial score (nSPS) is 14.4. The fourth-order valence-corrected chi connectivity index (χ4v) is 3.11.